The lowest BCUT2D eigenvalue weighted by atomic mass is 10.0. The molecule has 0 bridgehead atoms. The van der Waals surface area contributed by atoms with Crippen LogP contribution in [0.5, 0.6) is 11.5 Å². The average molecular weight is 433 g/mol. The minimum atomic E-state index is -0.320. The van der Waals surface area contributed by atoms with E-state index in [0.717, 1.165) is 17.7 Å². The molecule has 6 nitrogen and oxygen atoms in total. The SMILES string of the molecule is CCCCCCCCOc1ccc(C2=C3C(=O)NC(c4ccc(O)cc4)=C3C(=O)N2)cc1. The molecule has 0 unspecified atom stereocenters. The Morgan fingerprint density at radius 1 is 0.719 bits per heavy atom. The minimum Gasteiger partial charge on any atom is -0.508 e. The van der Waals surface area contributed by atoms with Crippen LogP contribution in [0.1, 0.15) is 56.6 Å². The first-order chi connectivity index (χ1) is 15.6. The van der Waals surface area contributed by atoms with Crippen molar-refractivity contribution in [2.75, 3.05) is 6.61 Å². The number of carbonyl (C=O) groups excluding carboxylic acids is 2. The number of phenols is 1. The first-order valence-electron chi connectivity index (χ1n) is 11.2. The molecule has 4 rings (SSSR count). The highest BCUT2D eigenvalue weighted by molar-refractivity contribution is 6.30. The highest BCUT2D eigenvalue weighted by Crippen LogP contribution is 2.37. The van der Waals surface area contributed by atoms with Gasteiger partial charge in [0.1, 0.15) is 11.5 Å². The zero-order valence-electron chi connectivity index (χ0n) is 18.2. The number of carbonyl (C=O) groups is 2. The molecule has 0 saturated carbocycles. The molecule has 32 heavy (non-hydrogen) atoms. The fourth-order valence-corrected chi connectivity index (χ4v) is 4.03. The summed E-state index contributed by atoms with van der Waals surface area (Å²) in [6.45, 7) is 2.90. The van der Waals surface area contributed by atoms with Gasteiger partial charge < -0.3 is 20.5 Å². The molecule has 0 radical (unpaired) electrons. The van der Waals surface area contributed by atoms with Crippen molar-refractivity contribution in [3.05, 3.63) is 70.8 Å². The Labute approximate surface area is 188 Å². The Kier molecular flexibility index (Phi) is 6.59. The smallest absolute Gasteiger partial charge is 0.258 e. The van der Waals surface area contributed by atoms with Gasteiger partial charge in [-0.15, -0.1) is 0 Å². The molecule has 2 aromatic rings. The third-order valence-electron chi connectivity index (χ3n) is 5.75. The van der Waals surface area contributed by atoms with Gasteiger partial charge >= 0.3 is 0 Å². The van der Waals surface area contributed by atoms with Crippen molar-refractivity contribution in [1.82, 2.24) is 10.6 Å². The lowest BCUT2D eigenvalue weighted by molar-refractivity contribution is -0.117. The van der Waals surface area contributed by atoms with Crippen molar-refractivity contribution in [2.45, 2.75) is 45.4 Å². The van der Waals surface area contributed by atoms with E-state index < -0.39 is 0 Å². The number of hydrogen-bond donors (Lipinski definition) is 3. The van der Waals surface area contributed by atoms with Crippen LogP contribution in [0.25, 0.3) is 11.4 Å². The van der Waals surface area contributed by atoms with E-state index in [1.165, 1.54) is 44.2 Å². The standard InChI is InChI=1S/C26H28N2O4/c1-2-3-4-5-6-7-16-32-20-14-10-18(11-15-20)24-22-21(25(30)28-24)23(27-26(22)31)17-8-12-19(29)13-9-17/h8-15,29H,2-7,16H2,1H3,(H,27,31)(H,28,30). The number of hydrogen-bond acceptors (Lipinski definition) is 4. The lowest BCUT2D eigenvalue weighted by Crippen LogP contribution is -2.21. The number of rotatable bonds is 10. The van der Waals surface area contributed by atoms with Gasteiger partial charge in [0.15, 0.2) is 0 Å². The summed E-state index contributed by atoms with van der Waals surface area (Å²) in [5.41, 5.74) is 3.04. The second-order valence-corrected chi connectivity index (χ2v) is 8.10. The van der Waals surface area contributed by atoms with E-state index in [1.807, 2.05) is 24.3 Å². The van der Waals surface area contributed by atoms with Crippen molar-refractivity contribution in [2.24, 2.45) is 0 Å². The van der Waals surface area contributed by atoms with Crippen LogP contribution in [-0.2, 0) is 9.59 Å². The van der Waals surface area contributed by atoms with Gasteiger partial charge in [-0.05, 0) is 66.1 Å². The maximum Gasteiger partial charge on any atom is 0.258 e. The van der Waals surface area contributed by atoms with Crippen LogP contribution >= 0.6 is 0 Å². The molecular formula is C26H28N2O4. The number of fused-ring (bicyclic) bond motifs is 1. The maximum absolute atomic E-state index is 12.7. The largest absolute Gasteiger partial charge is 0.508 e. The Balaban J connectivity index is 1.47. The number of benzene rings is 2. The van der Waals surface area contributed by atoms with Gasteiger partial charge in [0.25, 0.3) is 11.8 Å². The predicted molar refractivity (Wildman–Crippen MR) is 124 cm³/mol. The van der Waals surface area contributed by atoms with Crippen LogP contribution < -0.4 is 15.4 Å². The molecule has 0 saturated heterocycles. The summed E-state index contributed by atoms with van der Waals surface area (Å²) in [4.78, 5) is 25.4. The van der Waals surface area contributed by atoms with Gasteiger partial charge in [-0.1, -0.05) is 39.0 Å². The molecular weight excluding hydrogens is 404 g/mol. The normalized spacial score (nSPS) is 15.2. The van der Waals surface area contributed by atoms with Crippen molar-refractivity contribution in [3.8, 4) is 11.5 Å². The molecule has 3 N–H and O–H groups in total. The molecule has 0 spiro atoms. The van der Waals surface area contributed by atoms with Crippen LogP contribution in [-0.4, -0.2) is 23.5 Å². The van der Waals surface area contributed by atoms with E-state index >= 15 is 0 Å². The fourth-order valence-electron chi connectivity index (χ4n) is 4.03. The van der Waals surface area contributed by atoms with E-state index in [2.05, 4.69) is 17.6 Å². The lowest BCUT2D eigenvalue weighted by Gasteiger charge is -2.09. The molecule has 2 aromatic carbocycles. The molecule has 0 fully saturated rings. The summed E-state index contributed by atoms with van der Waals surface area (Å²) in [7, 11) is 0. The molecule has 166 valence electrons. The predicted octanol–water partition coefficient (Wildman–Crippen LogP) is 4.51. The van der Waals surface area contributed by atoms with E-state index in [0.29, 0.717) is 34.7 Å². The minimum absolute atomic E-state index is 0.120. The summed E-state index contributed by atoms with van der Waals surface area (Å²) in [6, 6.07) is 13.8. The summed E-state index contributed by atoms with van der Waals surface area (Å²) in [5.74, 6) is 0.253. The number of ether oxygens (including phenoxy) is 1. The third kappa shape index (κ3) is 4.54. The van der Waals surface area contributed by atoms with Crippen LogP contribution in [0.2, 0.25) is 0 Å². The highest BCUT2D eigenvalue weighted by atomic mass is 16.5. The average Bonchev–Trinajstić information content (AvgIpc) is 3.32. The molecule has 2 aliphatic heterocycles. The topological polar surface area (TPSA) is 87.7 Å². The van der Waals surface area contributed by atoms with Crippen LogP contribution in [0, 0.1) is 0 Å². The zero-order valence-corrected chi connectivity index (χ0v) is 18.2. The summed E-state index contributed by atoms with van der Waals surface area (Å²) in [5, 5.41) is 15.2. The van der Waals surface area contributed by atoms with Crippen LogP contribution in [0.3, 0.4) is 0 Å². The molecule has 0 aliphatic carbocycles. The van der Waals surface area contributed by atoms with E-state index in [4.69, 9.17) is 4.74 Å². The number of aromatic hydroxyl groups is 1. The summed E-state index contributed by atoms with van der Waals surface area (Å²) < 4.78 is 5.83. The van der Waals surface area contributed by atoms with E-state index in [-0.39, 0.29) is 17.6 Å². The van der Waals surface area contributed by atoms with Gasteiger partial charge in [0.2, 0.25) is 0 Å². The van der Waals surface area contributed by atoms with Gasteiger partial charge in [-0.2, -0.15) is 0 Å². The number of unbranched alkanes of at least 4 members (excludes halogenated alkanes) is 5. The van der Waals surface area contributed by atoms with Crippen LogP contribution in [0.15, 0.2) is 59.7 Å². The molecule has 0 aromatic heterocycles. The number of nitrogens with one attached hydrogen (secondary N) is 2. The molecule has 2 aliphatic rings. The Morgan fingerprint density at radius 2 is 1.22 bits per heavy atom. The highest BCUT2D eigenvalue weighted by Gasteiger charge is 2.40. The second kappa shape index (κ2) is 9.73. The van der Waals surface area contributed by atoms with Gasteiger partial charge in [0, 0.05) is 0 Å². The molecule has 2 amide bonds. The monoisotopic (exact) mass is 432 g/mol. The van der Waals surface area contributed by atoms with Crippen molar-refractivity contribution in [3.63, 3.8) is 0 Å². The summed E-state index contributed by atoms with van der Waals surface area (Å²) >= 11 is 0. The van der Waals surface area contributed by atoms with Gasteiger partial charge in [0.05, 0.1) is 29.1 Å². The van der Waals surface area contributed by atoms with E-state index in [9.17, 15) is 14.7 Å². The maximum atomic E-state index is 12.7. The molecule has 2 heterocycles. The van der Waals surface area contributed by atoms with Gasteiger partial charge in [-0.3, -0.25) is 9.59 Å². The summed E-state index contributed by atoms with van der Waals surface area (Å²) in [6.07, 6.45) is 7.28. The zero-order chi connectivity index (χ0) is 22.5. The second-order valence-electron chi connectivity index (χ2n) is 8.10. The molecule has 0 atom stereocenters. The molecule has 6 heteroatoms. The van der Waals surface area contributed by atoms with Gasteiger partial charge in [-0.25, -0.2) is 0 Å². The fraction of sp³-hybridized carbons (Fsp3) is 0.308. The quantitative estimate of drug-likeness (QED) is 0.482. The first kappa shape index (κ1) is 21.7. The number of amides is 2. The van der Waals surface area contributed by atoms with Crippen molar-refractivity contribution >= 4 is 23.2 Å². The van der Waals surface area contributed by atoms with Crippen molar-refractivity contribution < 1.29 is 19.4 Å². The van der Waals surface area contributed by atoms with E-state index in [1.54, 1.807) is 12.1 Å². The first-order valence-corrected chi connectivity index (χ1v) is 11.2. The Morgan fingerprint density at radius 3 is 1.78 bits per heavy atom. The number of phenolic OH excluding ortho intramolecular Hbond substituents is 1. The third-order valence-corrected chi connectivity index (χ3v) is 5.75. The Hall–Kier alpha value is -3.54. The van der Waals surface area contributed by atoms with Crippen molar-refractivity contribution in [1.29, 1.82) is 0 Å². The Bertz CT molecular complexity index is 1070. The van der Waals surface area contributed by atoms with Crippen LogP contribution in [0.4, 0.5) is 0 Å².